The summed E-state index contributed by atoms with van der Waals surface area (Å²) in [5, 5.41) is 2.57. The summed E-state index contributed by atoms with van der Waals surface area (Å²) in [5.41, 5.74) is 7.18. The molecule has 0 aromatic heterocycles. The number of nitrogens with one attached hydrogen (secondary N) is 1. The van der Waals surface area contributed by atoms with Crippen LogP contribution in [-0.2, 0) is 9.59 Å². The van der Waals surface area contributed by atoms with Crippen LogP contribution in [0.2, 0.25) is 0 Å². The fourth-order valence-electron chi connectivity index (χ4n) is 1.84. The van der Waals surface area contributed by atoms with E-state index in [4.69, 9.17) is 5.73 Å². The number of rotatable bonds is 5. The second-order valence-electron chi connectivity index (χ2n) is 4.70. The number of hydrogen-bond donors (Lipinski definition) is 2. The molecule has 2 amide bonds. The van der Waals surface area contributed by atoms with E-state index < -0.39 is 11.8 Å². The molecule has 2 rings (SSSR count). The molecule has 2 aromatic carbocycles. The Morgan fingerprint density at radius 3 is 2.36 bits per heavy atom. The van der Waals surface area contributed by atoms with Crippen LogP contribution in [0.3, 0.4) is 0 Å². The fourth-order valence-corrected chi connectivity index (χ4v) is 1.84. The third kappa shape index (κ3) is 4.86. The summed E-state index contributed by atoms with van der Waals surface area (Å²) in [6.45, 7) is 0. The van der Waals surface area contributed by atoms with Crippen molar-refractivity contribution >= 4 is 29.7 Å². The van der Waals surface area contributed by atoms with Crippen LogP contribution in [-0.4, -0.2) is 11.8 Å². The molecule has 0 saturated heterocycles. The Balaban J connectivity index is 2.00. The van der Waals surface area contributed by atoms with Crippen molar-refractivity contribution in [3.63, 3.8) is 0 Å². The van der Waals surface area contributed by atoms with E-state index in [1.165, 1.54) is 12.1 Å². The van der Waals surface area contributed by atoms with Gasteiger partial charge in [-0.1, -0.05) is 36.4 Å². The Labute approximate surface area is 127 Å². The van der Waals surface area contributed by atoms with Crippen molar-refractivity contribution in [1.82, 2.24) is 0 Å². The molecule has 0 heterocycles. The minimum Gasteiger partial charge on any atom is -0.369 e. The van der Waals surface area contributed by atoms with Crippen LogP contribution in [0.5, 0.6) is 0 Å². The van der Waals surface area contributed by atoms with Crippen LogP contribution in [0, 0.1) is 5.82 Å². The van der Waals surface area contributed by atoms with Gasteiger partial charge in [-0.3, -0.25) is 9.59 Å². The lowest BCUT2D eigenvalue weighted by molar-refractivity contribution is -0.124. The molecule has 0 saturated carbocycles. The third-order valence-corrected chi connectivity index (χ3v) is 2.85. The van der Waals surface area contributed by atoms with Gasteiger partial charge in [0.1, 0.15) is 12.2 Å². The van der Waals surface area contributed by atoms with Gasteiger partial charge in [-0.05, 0) is 35.4 Å². The number of carbonyl (C=O) groups is 2. The molecule has 0 radical (unpaired) electrons. The van der Waals surface area contributed by atoms with Crippen LogP contribution in [0.15, 0.2) is 48.5 Å². The van der Waals surface area contributed by atoms with E-state index in [-0.39, 0.29) is 12.2 Å². The molecule has 2 aromatic rings. The molecule has 4 nitrogen and oxygen atoms in total. The summed E-state index contributed by atoms with van der Waals surface area (Å²) in [5.74, 6) is -1.41. The van der Waals surface area contributed by atoms with E-state index in [1.54, 1.807) is 42.5 Å². The van der Waals surface area contributed by atoms with Crippen molar-refractivity contribution in [2.24, 2.45) is 5.73 Å². The van der Waals surface area contributed by atoms with Crippen LogP contribution in [0.4, 0.5) is 10.1 Å². The highest BCUT2D eigenvalue weighted by Gasteiger charge is 2.05. The van der Waals surface area contributed by atoms with Gasteiger partial charge in [0.25, 0.3) is 0 Å². The Hall–Kier alpha value is -2.95. The number of primary amides is 1. The van der Waals surface area contributed by atoms with E-state index in [2.05, 4.69) is 5.32 Å². The quantitative estimate of drug-likeness (QED) is 0.658. The van der Waals surface area contributed by atoms with Gasteiger partial charge < -0.3 is 11.1 Å². The van der Waals surface area contributed by atoms with Crippen molar-refractivity contribution in [3.05, 3.63) is 65.5 Å². The van der Waals surface area contributed by atoms with Crippen molar-refractivity contribution in [1.29, 1.82) is 0 Å². The zero-order valence-corrected chi connectivity index (χ0v) is 11.8. The molecular formula is C17H15FN2O2. The van der Waals surface area contributed by atoms with E-state index in [1.807, 2.05) is 6.08 Å². The molecule has 0 aliphatic carbocycles. The first-order valence-electron chi connectivity index (χ1n) is 6.65. The van der Waals surface area contributed by atoms with Crippen molar-refractivity contribution < 1.29 is 14.0 Å². The Morgan fingerprint density at radius 2 is 1.73 bits per heavy atom. The molecule has 0 bridgehead atoms. The van der Waals surface area contributed by atoms with Gasteiger partial charge >= 0.3 is 0 Å². The SMILES string of the molecule is NC(=O)CC(=O)Nc1ccc(C=Cc2cccc(F)c2)cc1. The topological polar surface area (TPSA) is 72.2 Å². The number of benzene rings is 2. The minimum absolute atomic E-state index is 0.283. The molecule has 3 N–H and O–H groups in total. The number of carbonyl (C=O) groups excluding carboxylic acids is 2. The van der Waals surface area contributed by atoms with Crippen LogP contribution in [0.25, 0.3) is 12.2 Å². The molecule has 5 heteroatoms. The van der Waals surface area contributed by atoms with Gasteiger partial charge in [0.15, 0.2) is 0 Å². The average Bonchev–Trinajstić information content (AvgIpc) is 2.46. The third-order valence-electron chi connectivity index (χ3n) is 2.85. The highest BCUT2D eigenvalue weighted by molar-refractivity contribution is 6.03. The molecule has 0 atom stereocenters. The standard InChI is InChI=1S/C17H15FN2O2/c18-14-3-1-2-13(10-14)5-4-12-6-8-15(9-7-12)20-17(22)11-16(19)21/h1-10H,11H2,(H2,19,21)(H,20,22). The second-order valence-corrected chi connectivity index (χ2v) is 4.70. The van der Waals surface area contributed by atoms with Gasteiger partial charge in [0.2, 0.25) is 11.8 Å². The molecule has 22 heavy (non-hydrogen) atoms. The predicted octanol–water partition coefficient (Wildman–Crippen LogP) is 2.81. The highest BCUT2D eigenvalue weighted by Crippen LogP contribution is 2.13. The summed E-state index contributed by atoms with van der Waals surface area (Å²) < 4.78 is 13.1. The molecule has 0 spiro atoms. The summed E-state index contributed by atoms with van der Waals surface area (Å²) in [7, 11) is 0. The first-order valence-corrected chi connectivity index (χ1v) is 6.65. The van der Waals surface area contributed by atoms with Crippen molar-refractivity contribution in [3.8, 4) is 0 Å². The van der Waals surface area contributed by atoms with E-state index >= 15 is 0 Å². The van der Waals surface area contributed by atoms with Gasteiger partial charge in [-0.15, -0.1) is 0 Å². The van der Waals surface area contributed by atoms with Crippen LogP contribution in [0.1, 0.15) is 17.5 Å². The van der Waals surface area contributed by atoms with Gasteiger partial charge in [0, 0.05) is 5.69 Å². The second kappa shape index (κ2) is 7.17. The maximum atomic E-state index is 13.1. The molecule has 0 fully saturated rings. The molecular weight excluding hydrogens is 283 g/mol. The van der Waals surface area contributed by atoms with Crippen LogP contribution < -0.4 is 11.1 Å². The lowest BCUT2D eigenvalue weighted by atomic mass is 10.1. The number of hydrogen-bond acceptors (Lipinski definition) is 2. The summed E-state index contributed by atoms with van der Waals surface area (Å²) >= 11 is 0. The minimum atomic E-state index is -0.674. The first-order chi connectivity index (χ1) is 10.5. The average molecular weight is 298 g/mol. The van der Waals surface area contributed by atoms with E-state index in [0.717, 1.165) is 11.1 Å². The van der Waals surface area contributed by atoms with Crippen LogP contribution >= 0.6 is 0 Å². The zero-order chi connectivity index (χ0) is 15.9. The monoisotopic (exact) mass is 298 g/mol. The van der Waals surface area contributed by atoms with Gasteiger partial charge in [-0.2, -0.15) is 0 Å². The van der Waals surface area contributed by atoms with Crippen molar-refractivity contribution in [2.45, 2.75) is 6.42 Å². The molecule has 0 aliphatic rings. The maximum absolute atomic E-state index is 13.1. The maximum Gasteiger partial charge on any atom is 0.233 e. The first kappa shape index (κ1) is 15.4. The fraction of sp³-hybridized carbons (Fsp3) is 0.0588. The summed E-state index contributed by atoms with van der Waals surface area (Å²) in [6, 6.07) is 13.3. The number of halogens is 1. The zero-order valence-electron chi connectivity index (χ0n) is 11.8. The molecule has 0 aliphatic heterocycles. The van der Waals surface area contributed by atoms with Crippen molar-refractivity contribution in [2.75, 3.05) is 5.32 Å². The predicted molar refractivity (Wildman–Crippen MR) is 84.2 cm³/mol. The van der Waals surface area contributed by atoms with Gasteiger partial charge in [0.05, 0.1) is 0 Å². The summed E-state index contributed by atoms with van der Waals surface area (Å²) in [6.07, 6.45) is 3.29. The molecule has 0 unspecified atom stereocenters. The lowest BCUT2D eigenvalue weighted by Gasteiger charge is -2.04. The number of anilines is 1. The lowest BCUT2D eigenvalue weighted by Crippen LogP contribution is -2.21. The normalized spacial score (nSPS) is 10.6. The smallest absolute Gasteiger partial charge is 0.233 e. The van der Waals surface area contributed by atoms with Gasteiger partial charge in [-0.25, -0.2) is 4.39 Å². The largest absolute Gasteiger partial charge is 0.369 e. The van der Waals surface area contributed by atoms with E-state index in [9.17, 15) is 14.0 Å². The van der Waals surface area contributed by atoms with E-state index in [0.29, 0.717) is 5.69 Å². The number of nitrogens with two attached hydrogens (primary N) is 1. The summed E-state index contributed by atoms with van der Waals surface area (Å²) in [4.78, 5) is 22.0. The Bertz CT molecular complexity index is 709. The highest BCUT2D eigenvalue weighted by atomic mass is 19.1. The Morgan fingerprint density at radius 1 is 1.05 bits per heavy atom. The Kier molecular flexibility index (Phi) is 5.03. The number of amides is 2. The molecule has 112 valence electrons.